The van der Waals surface area contributed by atoms with Crippen LogP contribution in [0.2, 0.25) is 0 Å². The van der Waals surface area contributed by atoms with E-state index in [2.05, 4.69) is 11.8 Å². The van der Waals surface area contributed by atoms with E-state index in [0.717, 1.165) is 30.6 Å². The third-order valence-electron chi connectivity index (χ3n) is 5.70. The van der Waals surface area contributed by atoms with Gasteiger partial charge in [0.15, 0.2) is 0 Å². The van der Waals surface area contributed by atoms with Crippen LogP contribution < -0.4 is 0 Å². The van der Waals surface area contributed by atoms with Gasteiger partial charge in [0.2, 0.25) is 0 Å². The molecule has 1 aliphatic heterocycles. The number of carboxylic acids is 2. The molecule has 1 fully saturated rings. The molecule has 2 aromatic rings. The summed E-state index contributed by atoms with van der Waals surface area (Å²) in [4.78, 5) is 25.2. The predicted molar refractivity (Wildman–Crippen MR) is 108 cm³/mol. The minimum Gasteiger partial charge on any atom is -0.481 e. The molecule has 0 spiro atoms. The van der Waals surface area contributed by atoms with Crippen molar-refractivity contribution < 1.29 is 19.8 Å². The van der Waals surface area contributed by atoms with Crippen LogP contribution in [0.25, 0.3) is 0 Å². The lowest BCUT2D eigenvalue weighted by Gasteiger charge is -2.38. The second kappa shape index (κ2) is 9.02. The number of benzene rings is 2. The standard InChI is InChI=1S/C23H27NO4/c1-16-14-24(15-20(23(27)28)12-17-6-3-2-4-7-17)11-10-21(16)18-8-5-9-19(13-18)22(25)26/h2-9,13,16,20-21H,10-12,14-15H2,1H3,(H,25,26)(H,27,28). The molecular weight excluding hydrogens is 354 g/mol. The maximum atomic E-state index is 11.8. The zero-order valence-corrected chi connectivity index (χ0v) is 16.1. The quantitative estimate of drug-likeness (QED) is 0.764. The lowest BCUT2D eigenvalue weighted by molar-refractivity contribution is -0.142. The Morgan fingerprint density at radius 1 is 1.11 bits per heavy atom. The molecule has 5 heteroatoms. The van der Waals surface area contributed by atoms with Crippen LogP contribution in [0.5, 0.6) is 0 Å². The minimum absolute atomic E-state index is 0.299. The first-order chi connectivity index (χ1) is 13.4. The van der Waals surface area contributed by atoms with Crippen LogP contribution in [-0.2, 0) is 11.2 Å². The maximum Gasteiger partial charge on any atom is 0.335 e. The van der Waals surface area contributed by atoms with Crippen LogP contribution in [0.4, 0.5) is 0 Å². The number of hydrogen-bond donors (Lipinski definition) is 2. The van der Waals surface area contributed by atoms with Crippen molar-refractivity contribution in [3.63, 3.8) is 0 Å². The predicted octanol–water partition coefficient (Wildman–Crippen LogP) is 3.75. The number of carbonyl (C=O) groups is 2. The van der Waals surface area contributed by atoms with E-state index in [9.17, 15) is 19.8 Å². The Bertz CT molecular complexity index is 820. The fraction of sp³-hybridized carbons (Fsp3) is 0.391. The van der Waals surface area contributed by atoms with Crippen LogP contribution >= 0.6 is 0 Å². The number of hydrogen-bond acceptors (Lipinski definition) is 3. The molecule has 1 heterocycles. The molecule has 3 unspecified atom stereocenters. The normalized spacial score (nSPS) is 21.2. The van der Waals surface area contributed by atoms with E-state index in [1.807, 2.05) is 36.4 Å². The fourth-order valence-electron chi connectivity index (χ4n) is 4.24. The molecule has 2 aromatic carbocycles. The number of aliphatic carboxylic acids is 1. The van der Waals surface area contributed by atoms with Crippen LogP contribution in [0, 0.1) is 11.8 Å². The first-order valence-corrected chi connectivity index (χ1v) is 9.76. The van der Waals surface area contributed by atoms with Crippen molar-refractivity contribution in [2.45, 2.75) is 25.7 Å². The first-order valence-electron chi connectivity index (χ1n) is 9.76. The van der Waals surface area contributed by atoms with Crippen molar-refractivity contribution >= 4 is 11.9 Å². The molecule has 3 atom stereocenters. The van der Waals surface area contributed by atoms with E-state index in [1.165, 1.54) is 0 Å². The van der Waals surface area contributed by atoms with Gasteiger partial charge in [0.25, 0.3) is 0 Å². The number of aromatic carboxylic acids is 1. The zero-order chi connectivity index (χ0) is 20.1. The molecule has 0 bridgehead atoms. The highest BCUT2D eigenvalue weighted by molar-refractivity contribution is 5.87. The molecule has 0 saturated carbocycles. The van der Waals surface area contributed by atoms with Crippen LogP contribution in [-0.4, -0.2) is 46.7 Å². The Hall–Kier alpha value is -2.66. The van der Waals surface area contributed by atoms with Gasteiger partial charge >= 0.3 is 11.9 Å². The van der Waals surface area contributed by atoms with Gasteiger partial charge < -0.3 is 15.1 Å². The van der Waals surface area contributed by atoms with Gasteiger partial charge in [-0.3, -0.25) is 4.79 Å². The Kier molecular flexibility index (Phi) is 6.47. The average molecular weight is 381 g/mol. The van der Waals surface area contributed by atoms with Gasteiger partial charge in [-0.05, 0) is 54.5 Å². The molecule has 0 amide bonds. The second-order valence-corrected chi connectivity index (χ2v) is 7.79. The number of rotatable bonds is 7. The van der Waals surface area contributed by atoms with E-state index in [0.29, 0.717) is 30.4 Å². The maximum absolute atomic E-state index is 11.8. The van der Waals surface area contributed by atoms with Crippen LogP contribution in [0.3, 0.4) is 0 Å². The number of carboxylic acid groups (broad SMARTS) is 2. The number of piperidine rings is 1. The summed E-state index contributed by atoms with van der Waals surface area (Å²) in [5.74, 6) is -1.46. The average Bonchev–Trinajstić information content (AvgIpc) is 2.68. The van der Waals surface area contributed by atoms with Crippen molar-refractivity contribution in [2.24, 2.45) is 11.8 Å². The molecule has 0 aliphatic carbocycles. The monoisotopic (exact) mass is 381 g/mol. The van der Waals surface area contributed by atoms with Crippen molar-refractivity contribution in [1.82, 2.24) is 4.90 Å². The van der Waals surface area contributed by atoms with Gasteiger partial charge in [-0.15, -0.1) is 0 Å². The fourth-order valence-corrected chi connectivity index (χ4v) is 4.24. The number of nitrogens with zero attached hydrogens (tertiary/aromatic N) is 1. The van der Waals surface area contributed by atoms with Gasteiger partial charge in [-0.1, -0.05) is 49.4 Å². The highest BCUT2D eigenvalue weighted by Crippen LogP contribution is 2.33. The molecule has 1 saturated heterocycles. The molecule has 148 valence electrons. The third kappa shape index (κ3) is 4.98. The number of likely N-dealkylation sites (tertiary alicyclic amines) is 1. The largest absolute Gasteiger partial charge is 0.481 e. The van der Waals surface area contributed by atoms with Gasteiger partial charge in [-0.2, -0.15) is 0 Å². The Labute approximate surface area is 165 Å². The summed E-state index contributed by atoms with van der Waals surface area (Å²) in [5, 5.41) is 18.9. The van der Waals surface area contributed by atoms with E-state index in [4.69, 9.17) is 0 Å². The summed E-state index contributed by atoms with van der Waals surface area (Å²) in [6.07, 6.45) is 1.44. The van der Waals surface area contributed by atoms with E-state index >= 15 is 0 Å². The highest BCUT2D eigenvalue weighted by atomic mass is 16.4. The van der Waals surface area contributed by atoms with Crippen molar-refractivity contribution in [1.29, 1.82) is 0 Å². The molecule has 2 N–H and O–H groups in total. The summed E-state index contributed by atoms with van der Waals surface area (Å²) < 4.78 is 0. The van der Waals surface area contributed by atoms with Crippen molar-refractivity contribution in [2.75, 3.05) is 19.6 Å². The Balaban J connectivity index is 1.63. The van der Waals surface area contributed by atoms with Gasteiger partial charge in [0, 0.05) is 13.1 Å². The molecule has 0 radical (unpaired) electrons. The lowest BCUT2D eigenvalue weighted by atomic mass is 9.81. The zero-order valence-electron chi connectivity index (χ0n) is 16.1. The van der Waals surface area contributed by atoms with Crippen LogP contribution in [0.1, 0.15) is 40.7 Å². The molecule has 28 heavy (non-hydrogen) atoms. The van der Waals surface area contributed by atoms with E-state index in [1.54, 1.807) is 18.2 Å². The van der Waals surface area contributed by atoms with Crippen LogP contribution in [0.15, 0.2) is 54.6 Å². The Morgan fingerprint density at radius 2 is 1.86 bits per heavy atom. The Morgan fingerprint density at radius 3 is 2.50 bits per heavy atom. The smallest absolute Gasteiger partial charge is 0.335 e. The highest BCUT2D eigenvalue weighted by Gasteiger charge is 2.30. The minimum atomic E-state index is -0.905. The van der Waals surface area contributed by atoms with Crippen molar-refractivity contribution in [3.05, 3.63) is 71.3 Å². The molecular formula is C23H27NO4. The van der Waals surface area contributed by atoms with Gasteiger partial charge in [0.1, 0.15) is 0 Å². The third-order valence-corrected chi connectivity index (χ3v) is 5.70. The lowest BCUT2D eigenvalue weighted by Crippen LogP contribution is -2.42. The molecule has 1 aliphatic rings. The van der Waals surface area contributed by atoms with Crippen molar-refractivity contribution in [3.8, 4) is 0 Å². The van der Waals surface area contributed by atoms with Gasteiger partial charge in [0.05, 0.1) is 11.5 Å². The summed E-state index contributed by atoms with van der Waals surface area (Å²) in [7, 11) is 0. The van der Waals surface area contributed by atoms with Gasteiger partial charge in [-0.25, -0.2) is 4.79 Å². The summed E-state index contributed by atoms with van der Waals surface area (Å²) in [6.45, 7) is 4.35. The summed E-state index contributed by atoms with van der Waals surface area (Å²) >= 11 is 0. The summed E-state index contributed by atoms with van der Waals surface area (Å²) in [5.41, 5.74) is 2.43. The molecule has 5 nitrogen and oxygen atoms in total. The molecule has 3 rings (SSSR count). The van der Waals surface area contributed by atoms with E-state index < -0.39 is 17.9 Å². The summed E-state index contributed by atoms with van der Waals surface area (Å²) in [6, 6.07) is 16.9. The van der Waals surface area contributed by atoms with E-state index in [-0.39, 0.29) is 0 Å². The second-order valence-electron chi connectivity index (χ2n) is 7.79. The SMILES string of the molecule is CC1CN(CC(Cc2ccccc2)C(=O)O)CCC1c1cccc(C(=O)O)c1. The first kappa shape index (κ1) is 20.1. The topological polar surface area (TPSA) is 77.8 Å². The molecule has 0 aromatic heterocycles.